The zero-order valence-corrected chi connectivity index (χ0v) is 20.8. The van der Waals surface area contributed by atoms with Gasteiger partial charge in [-0.25, -0.2) is 5.32 Å². The maximum atomic E-state index is 4.74. The van der Waals surface area contributed by atoms with E-state index in [0.717, 1.165) is 13.1 Å². The lowest BCUT2D eigenvalue weighted by molar-refractivity contribution is 0.518. The Balaban J connectivity index is 2.97. The molecule has 29 heavy (non-hydrogen) atoms. The van der Waals surface area contributed by atoms with E-state index in [1.807, 2.05) is 0 Å². The molecule has 1 heteroatoms. The topological polar surface area (TPSA) is 14.1 Å². The summed E-state index contributed by atoms with van der Waals surface area (Å²) < 4.78 is 0. The van der Waals surface area contributed by atoms with Crippen LogP contribution in [0.15, 0.2) is 0 Å². The highest BCUT2D eigenvalue weighted by molar-refractivity contribution is 4.53. The van der Waals surface area contributed by atoms with Crippen molar-refractivity contribution in [2.24, 2.45) is 0 Å². The molecule has 0 aliphatic carbocycles. The maximum absolute atomic E-state index is 4.74. The lowest BCUT2D eigenvalue weighted by Crippen LogP contribution is -2.08. The summed E-state index contributed by atoms with van der Waals surface area (Å²) in [6, 6.07) is 0. The molecule has 0 atom stereocenters. The molecule has 1 radical (unpaired) electrons. The zero-order chi connectivity index (χ0) is 21.1. The first-order valence-corrected chi connectivity index (χ1v) is 14.0. The number of hydrogen-bond acceptors (Lipinski definition) is 0. The molecule has 0 unspecified atom stereocenters. The Morgan fingerprint density at radius 3 is 0.724 bits per heavy atom. The zero-order valence-electron chi connectivity index (χ0n) is 20.8. The summed E-state index contributed by atoms with van der Waals surface area (Å²) in [5, 5.41) is 4.74. The van der Waals surface area contributed by atoms with E-state index in [1.54, 1.807) is 0 Å². The van der Waals surface area contributed by atoms with Crippen LogP contribution in [0, 0.1) is 0 Å². The second kappa shape index (κ2) is 28.0. The van der Waals surface area contributed by atoms with Gasteiger partial charge in [-0.1, -0.05) is 155 Å². The van der Waals surface area contributed by atoms with Gasteiger partial charge in [-0.05, 0) is 12.8 Å². The molecule has 0 amide bonds. The molecule has 0 saturated carbocycles. The predicted molar refractivity (Wildman–Crippen MR) is 134 cm³/mol. The maximum Gasteiger partial charge on any atom is 0.0133 e. The van der Waals surface area contributed by atoms with Crippen LogP contribution in [-0.4, -0.2) is 13.1 Å². The quantitative estimate of drug-likeness (QED) is 0.126. The van der Waals surface area contributed by atoms with Gasteiger partial charge >= 0.3 is 0 Å². The van der Waals surface area contributed by atoms with Crippen LogP contribution in [0.1, 0.15) is 168 Å². The first-order chi connectivity index (χ1) is 14.4. The molecule has 0 saturated heterocycles. The van der Waals surface area contributed by atoms with Crippen LogP contribution in [0.4, 0.5) is 0 Å². The van der Waals surface area contributed by atoms with E-state index >= 15 is 0 Å². The van der Waals surface area contributed by atoms with Crippen molar-refractivity contribution >= 4 is 0 Å². The summed E-state index contributed by atoms with van der Waals surface area (Å²) in [6.07, 6.45) is 34.4. The van der Waals surface area contributed by atoms with Crippen molar-refractivity contribution in [3.63, 3.8) is 0 Å². The summed E-state index contributed by atoms with van der Waals surface area (Å²) in [5.41, 5.74) is 0. The van der Waals surface area contributed by atoms with Crippen LogP contribution in [-0.2, 0) is 0 Å². The minimum absolute atomic E-state index is 1.12. The van der Waals surface area contributed by atoms with Crippen LogP contribution in [0.3, 0.4) is 0 Å². The fraction of sp³-hybridized carbons (Fsp3) is 1.00. The molecule has 0 heterocycles. The van der Waals surface area contributed by atoms with Gasteiger partial charge in [0.1, 0.15) is 0 Å². The second-order valence-corrected chi connectivity index (χ2v) is 9.45. The minimum Gasteiger partial charge on any atom is -0.242 e. The van der Waals surface area contributed by atoms with Gasteiger partial charge in [0, 0.05) is 13.1 Å². The Hall–Kier alpha value is -0.0400. The Morgan fingerprint density at radius 1 is 0.276 bits per heavy atom. The van der Waals surface area contributed by atoms with Gasteiger partial charge in [0.15, 0.2) is 0 Å². The van der Waals surface area contributed by atoms with E-state index in [0.29, 0.717) is 0 Å². The van der Waals surface area contributed by atoms with E-state index in [9.17, 15) is 0 Å². The highest BCUT2D eigenvalue weighted by Crippen LogP contribution is 2.13. The highest BCUT2D eigenvalue weighted by atomic mass is 14.8. The summed E-state index contributed by atoms with van der Waals surface area (Å²) >= 11 is 0. The molecule has 0 bridgehead atoms. The fourth-order valence-corrected chi connectivity index (χ4v) is 4.24. The highest BCUT2D eigenvalue weighted by Gasteiger charge is 1.96. The van der Waals surface area contributed by atoms with Gasteiger partial charge in [-0.15, -0.1) is 0 Å². The number of hydrogen-bond donors (Lipinski definition) is 0. The Bertz CT molecular complexity index is 237. The lowest BCUT2D eigenvalue weighted by atomic mass is 10.1. The molecule has 1 nitrogen and oxygen atoms in total. The normalized spacial score (nSPS) is 11.4. The molecular formula is C28H58N. The monoisotopic (exact) mass is 408 g/mol. The van der Waals surface area contributed by atoms with Crippen molar-refractivity contribution in [3.05, 3.63) is 0 Å². The van der Waals surface area contributed by atoms with Crippen molar-refractivity contribution in [1.29, 1.82) is 0 Å². The van der Waals surface area contributed by atoms with Crippen LogP contribution in [0.5, 0.6) is 0 Å². The number of unbranched alkanes of at least 4 members (excludes halogenated alkanes) is 22. The SMILES string of the molecule is CCCCCCCCCCCCCC[N]CCCCCCCCCCCCCC. The van der Waals surface area contributed by atoms with Crippen LogP contribution >= 0.6 is 0 Å². The molecule has 0 aliphatic heterocycles. The molecule has 175 valence electrons. The number of rotatable bonds is 26. The Morgan fingerprint density at radius 2 is 0.483 bits per heavy atom. The van der Waals surface area contributed by atoms with Crippen molar-refractivity contribution < 1.29 is 0 Å². The van der Waals surface area contributed by atoms with Gasteiger partial charge in [0.05, 0.1) is 0 Å². The molecule has 0 aromatic carbocycles. The van der Waals surface area contributed by atoms with E-state index in [1.165, 1.54) is 154 Å². The molecule has 0 aromatic heterocycles. The lowest BCUT2D eigenvalue weighted by Gasteiger charge is -2.04. The predicted octanol–water partition coefficient (Wildman–Crippen LogP) is 9.99. The van der Waals surface area contributed by atoms with E-state index in [4.69, 9.17) is 5.32 Å². The molecule has 0 N–H and O–H groups in total. The first kappa shape index (κ1) is 29.0. The van der Waals surface area contributed by atoms with Gasteiger partial charge < -0.3 is 0 Å². The van der Waals surface area contributed by atoms with Crippen molar-refractivity contribution in [2.75, 3.05) is 13.1 Å². The Kier molecular flexibility index (Phi) is 27.9. The summed E-state index contributed by atoms with van der Waals surface area (Å²) in [5.74, 6) is 0. The summed E-state index contributed by atoms with van der Waals surface area (Å²) in [6.45, 7) is 6.84. The van der Waals surface area contributed by atoms with Crippen LogP contribution in [0.25, 0.3) is 0 Å². The molecule has 0 rings (SSSR count). The number of nitrogens with zero attached hydrogens (tertiary/aromatic N) is 1. The molecule has 0 spiro atoms. The third kappa shape index (κ3) is 28.0. The molecule has 0 fully saturated rings. The Labute approximate surface area is 186 Å². The van der Waals surface area contributed by atoms with E-state index in [-0.39, 0.29) is 0 Å². The van der Waals surface area contributed by atoms with Gasteiger partial charge in [0.2, 0.25) is 0 Å². The van der Waals surface area contributed by atoms with Gasteiger partial charge in [-0.3, -0.25) is 0 Å². The van der Waals surface area contributed by atoms with Crippen molar-refractivity contribution in [1.82, 2.24) is 5.32 Å². The summed E-state index contributed by atoms with van der Waals surface area (Å²) in [7, 11) is 0. The van der Waals surface area contributed by atoms with Gasteiger partial charge in [-0.2, -0.15) is 0 Å². The summed E-state index contributed by atoms with van der Waals surface area (Å²) in [4.78, 5) is 0. The molecular weight excluding hydrogens is 350 g/mol. The molecule has 0 aromatic rings. The smallest absolute Gasteiger partial charge is 0.0133 e. The third-order valence-electron chi connectivity index (χ3n) is 6.34. The second-order valence-electron chi connectivity index (χ2n) is 9.45. The third-order valence-corrected chi connectivity index (χ3v) is 6.34. The standard InChI is InChI=1S/C28H58N/c1-3-5-7-9-11-13-15-17-19-21-23-25-27-29-28-26-24-22-20-18-16-14-12-10-8-6-4-2/h3-28H2,1-2H3. The average Bonchev–Trinajstić information content (AvgIpc) is 2.74. The minimum atomic E-state index is 1.12. The van der Waals surface area contributed by atoms with Crippen LogP contribution < -0.4 is 5.32 Å². The fourth-order valence-electron chi connectivity index (χ4n) is 4.24. The van der Waals surface area contributed by atoms with Gasteiger partial charge in [0.25, 0.3) is 0 Å². The first-order valence-electron chi connectivity index (χ1n) is 14.0. The van der Waals surface area contributed by atoms with Crippen molar-refractivity contribution in [2.45, 2.75) is 168 Å². The average molecular weight is 409 g/mol. The molecule has 0 aliphatic rings. The van der Waals surface area contributed by atoms with Crippen molar-refractivity contribution in [3.8, 4) is 0 Å². The van der Waals surface area contributed by atoms with E-state index < -0.39 is 0 Å². The van der Waals surface area contributed by atoms with E-state index in [2.05, 4.69) is 13.8 Å². The van der Waals surface area contributed by atoms with Crippen LogP contribution in [0.2, 0.25) is 0 Å². The largest absolute Gasteiger partial charge is 0.242 e.